The summed E-state index contributed by atoms with van der Waals surface area (Å²) in [7, 11) is 3.37. The highest BCUT2D eigenvalue weighted by Gasteiger charge is 2.20. The van der Waals surface area contributed by atoms with Gasteiger partial charge in [0.15, 0.2) is 0 Å². The zero-order valence-electron chi connectivity index (χ0n) is 10.8. The van der Waals surface area contributed by atoms with Gasteiger partial charge < -0.3 is 9.47 Å². The maximum Gasteiger partial charge on any atom is 0.118 e. The third-order valence-electron chi connectivity index (χ3n) is 2.90. The van der Waals surface area contributed by atoms with Gasteiger partial charge in [-0.05, 0) is 24.1 Å². The van der Waals surface area contributed by atoms with Gasteiger partial charge in [-0.3, -0.25) is 11.3 Å². The van der Waals surface area contributed by atoms with Crippen molar-refractivity contribution in [1.82, 2.24) is 5.43 Å². The Balaban J connectivity index is 2.83. The lowest BCUT2D eigenvalue weighted by atomic mass is 9.98. The van der Waals surface area contributed by atoms with E-state index in [0.717, 1.165) is 24.2 Å². The molecule has 0 saturated carbocycles. The predicted octanol–water partition coefficient (Wildman–Crippen LogP) is 2.01. The number of rotatable bonds is 7. The van der Waals surface area contributed by atoms with E-state index in [1.165, 1.54) is 0 Å². The summed E-state index contributed by atoms with van der Waals surface area (Å²) in [6.07, 6.45) is 2.11. The minimum Gasteiger partial charge on any atom is -0.497 e. The first kappa shape index (κ1) is 14.0. The molecule has 0 aromatic heterocycles. The molecule has 0 radical (unpaired) electrons. The molecule has 2 atom stereocenters. The van der Waals surface area contributed by atoms with Crippen molar-refractivity contribution in [2.24, 2.45) is 5.84 Å². The number of methoxy groups -OCH3 is 2. The lowest BCUT2D eigenvalue weighted by molar-refractivity contribution is 0.0606. The smallest absolute Gasteiger partial charge is 0.118 e. The highest BCUT2D eigenvalue weighted by molar-refractivity contribution is 5.29. The maximum atomic E-state index is 5.62. The van der Waals surface area contributed by atoms with Gasteiger partial charge in [-0.25, -0.2) is 0 Å². The molecule has 0 aliphatic carbocycles. The lowest BCUT2D eigenvalue weighted by Crippen LogP contribution is -2.37. The molecule has 1 rings (SSSR count). The second kappa shape index (κ2) is 7.27. The lowest BCUT2D eigenvalue weighted by Gasteiger charge is -2.25. The Morgan fingerprint density at radius 1 is 1.24 bits per heavy atom. The molecule has 0 aliphatic heterocycles. The zero-order valence-corrected chi connectivity index (χ0v) is 10.8. The molecule has 1 aromatic rings. The molecule has 0 spiro atoms. The predicted molar refractivity (Wildman–Crippen MR) is 68.8 cm³/mol. The van der Waals surface area contributed by atoms with Gasteiger partial charge >= 0.3 is 0 Å². The van der Waals surface area contributed by atoms with Crippen LogP contribution in [0.15, 0.2) is 24.3 Å². The molecule has 1 aromatic carbocycles. The molecule has 96 valence electrons. The maximum absolute atomic E-state index is 5.62. The number of ether oxygens (including phenoxy) is 2. The van der Waals surface area contributed by atoms with Crippen LogP contribution in [0, 0.1) is 0 Å². The Hall–Kier alpha value is -1.10. The summed E-state index contributed by atoms with van der Waals surface area (Å²) >= 11 is 0. The van der Waals surface area contributed by atoms with E-state index >= 15 is 0 Å². The Morgan fingerprint density at radius 2 is 1.88 bits per heavy atom. The van der Waals surface area contributed by atoms with E-state index in [9.17, 15) is 0 Å². The van der Waals surface area contributed by atoms with Gasteiger partial charge in [-0.1, -0.05) is 25.5 Å². The molecule has 3 N–H and O–H groups in total. The molecule has 0 bridgehead atoms. The minimum absolute atomic E-state index is 0.00542. The van der Waals surface area contributed by atoms with Crippen LogP contribution in [0.1, 0.15) is 31.4 Å². The first-order chi connectivity index (χ1) is 8.26. The highest BCUT2D eigenvalue weighted by Crippen LogP contribution is 2.23. The van der Waals surface area contributed by atoms with Crippen LogP contribution in [-0.2, 0) is 4.74 Å². The Kier molecular flexibility index (Phi) is 5.97. The van der Waals surface area contributed by atoms with Crippen LogP contribution in [0.2, 0.25) is 0 Å². The van der Waals surface area contributed by atoms with Gasteiger partial charge in [0.1, 0.15) is 5.75 Å². The minimum atomic E-state index is 0.00542. The zero-order chi connectivity index (χ0) is 12.7. The van der Waals surface area contributed by atoms with Crippen molar-refractivity contribution in [1.29, 1.82) is 0 Å². The van der Waals surface area contributed by atoms with E-state index < -0.39 is 0 Å². The standard InChI is InChI=1S/C13H22N2O2/c1-4-5-12(17-3)13(15-14)10-6-8-11(16-2)9-7-10/h6-9,12-13,15H,4-5,14H2,1-3H3. The van der Waals surface area contributed by atoms with Crippen molar-refractivity contribution < 1.29 is 9.47 Å². The molecule has 4 nitrogen and oxygen atoms in total. The van der Waals surface area contributed by atoms with Crippen LogP contribution in [0.4, 0.5) is 0 Å². The van der Waals surface area contributed by atoms with Crippen LogP contribution in [-0.4, -0.2) is 20.3 Å². The Labute approximate surface area is 103 Å². The highest BCUT2D eigenvalue weighted by atomic mass is 16.5. The number of hydrogen-bond donors (Lipinski definition) is 2. The van der Waals surface area contributed by atoms with Gasteiger partial charge in [0.2, 0.25) is 0 Å². The summed E-state index contributed by atoms with van der Waals surface area (Å²) in [5.41, 5.74) is 3.93. The summed E-state index contributed by atoms with van der Waals surface area (Å²) in [4.78, 5) is 0. The molecule has 0 fully saturated rings. The molecule has 0 heterocycles. The van der Waals surface area contributed by atoms with Gasteiger partial charge in [-0.2, -0.15) is 0 Å². The molecular formula is C13H22N2O2. The van der Waals surface area contributed by atoms with Gasteiger partial charge in [0, 0.05) is 7.11 Å². The average Bonchev–Trinajstić information content (AvgIpc) is 2.39. The van der Waals surface area contributed by atoms with Crippen molar-refractivity contribution in [3.8, 4) is 5.75 Å². The second-order valence-corrected chi connectivity index (χ2v) is 3.98. The molecule has 0 saturated heterocycles. The first-order valence-electron chi connectivity index (χ1n) is 5.89. The van der Waals surface area contributed by atoms with Crippen molar-refractivity contribution >= 4 is 0 Å². The number of nitrogens with two attached hydrogens (primary N) is 1. The van der Waals surface area contributed by atoms with Crippen LogP contribution in [0.5, 0.6) is 5.75 Å². The quantitative estimate of drug-likeness (QED) is 0.563. The summed E-state index contributed by atoms with van der Waals surface area (Å²) in [5.74, 6) is 6.46. The molecule has 0 amide bonds. The molecule has 4 heteroatoms. The fourth-order valence-corrected chi connectivity index (χ4v) is 1.93. The van der Waals surface area contributed by atoms with Crippen molar-refractivity contribution in [3.63, 3.8) is 0 Å². The normalized spacial score (nSPS) is 14.4. The van der Waals surface area contributed by atoms with Crippen LogP contribution >= 0.6 is 0 Å². The van der Waals surface area contributed by atoms with Crippen molar-refractivity contribution in [3.05, 3.63) is 29.8 Å². The number of hydrogen-bond acceptors (Lipinski definition) is 4. The third-order valence-corrected chi connectivity index (χ3v) is 2.90. The van der Waals surface area contributed by atoms with E-state index in [-0.39, 0.29) is 12.1 Å². The molecule has 0 aliphatic rings. The number of hydrazine groups is 1. The summed E-state index contributed by atoms with van der Waals surface area (Å²) in [6, 6.07) is 7.87. The summed E-state index contributed by atoms with van der Waals surface area (Å²) in [5, 5.41) is 0. The van der Waals surface area contributed by atoms with E-state index in [2.05, 4.69) is 12.3 Å². The number of nitrogens with one attached hydrogen (secondary N) is 1. The largest absolute Gasteiger partial charge is 0.497 e. The monoisotopic (exact) mass is 238 g/mol. The Bertz CT molecular complexity index is 314. The van der Waals surface area contributed by atoms with Crippen molar-refractivity contribution in [2.75, 3.05) is 14.2 Å². The average molecular weight is 238 g/mol. The van der Waals surface area contributed by atoms with Gasteiger partial charge in [0.05, 0.1) is 19.3 Å². The van der Waals surface area contributed by atoms with E-state index in [1.54, 1.807) is 14.2 Å². The summed E-state index contributed by atoms with van der Waals surface area (Å²) < 4.78 is 10.6. The van der Waals surface area contributed by atoms with Gasteiger partial charge in [0.25, 0.3) is 0 Å². The second-order valence-electron chi connectivity index (χ2n) is 3.98. The van der Waals surface area contributed by atoms with E-state index in [4.69, 9.17) is 15.3 Å². The topological polar surface area (TPSA) is 56.5 Å². The van der Waals surface area contributed by atoms with Crippen molar-refractivity contribution in [2.45, 2.75) is 31.9 Å². The van der Waals surface area contributed by atoms with Crippen LogP contribution in [0.25, 0.3) is 0 Å². The van der Waals surface area contributed by atoms with Gasteiger partial charge in [-0.15, -0.1) is 0 Å². The molecule has 17 heavy (non-hydrogen) atoms. The van der Waals surface area contributed by atoms with E-state index in [1.807, 2.05) is 24.3 Å². The molecular weight excluding hydrogens is 216 g/mol. The summed E-state index contributed by atoms with van der Waals surface area (Å²) in [6.45, 7) is 2.13. The Morgan fingerprint density at radius 3 is 2.29 bits per heavy atom. The first-order valence-corrected chi connectivity index (χ1v) is 5.89. The fourth-order valence-electron chi connectivity index (χ4n) is 1.93. The molecule has 2 unspecified atom stereocenters. The number of benzene rings is 1. The SMILES string of the molecule is CCCC(OC)C(NN)c1ccc(OC)cc1. The van der Waals surface area contributed by atoms with Crippen LogP contribution in [0.3, 0.4) is 0 Å². The van der Waals surface area contributed by atoms with E-state index in [0.29, 0.717) is 0 Å². The fraction of sp³-hybridized carbons (Fsp3) is 0.538. The third kappa shape index (κ3) is 3.70. The van der Waals surface area contributed by atoms with Crippen LogP contribution < -0.4 is 16.0 Å².